The van der Waals surface area contributed by atoms with Crippen LogP contribution in [0.2, 0.25) is 5.02 Å². The van der Waals surface area contributed by atoms with Gasteiger partial charge in [-0.3, -0.25) is 4.99 Å². The third-order valence-corrected chi connectivity index (χ3v) is 3.52. The number of aliphatic hydroxyl groups is 1. The van der Waals surface area contributed by atoms with Crippen LogP contribution in [-0.2, 0) is 6.42 Å². The Morgan fingerprint density at radius 2 is 2.00 bits per heavy atom. The van der Waals surface area contributed by atoms with Crippen molar-refractivity contribution in [1.29, 1.82) is 0 Å². The Balaban J connectivity index is 0.00000288. The van der Waals surface area contributed by atoms with Crippen LogP contribution in [0.3, 0.4) is 0 Å². The number of guanidine groups is 1. The van der Waals surface area contributed by atoms with E-state index in [1.165, 1.54) is 0 Å². The van der Waals surface area contributed by atoms with Crippen LogP contribution in [0.15, 0.2) is 52.1 Å². The molecule has 0 aliphatic heterocycles. The number of aliphatic hydroxyl groups excluding tert-OH is 1. The van der Waals surface area contributed by atoms with Crippen LogP contribution in [0, 0.1) is 0 Å². The first-order valence-corrected chi connectivity index (χ1v) is 8.05. The largest absolute Gasteiger partial charge is 0.469 e. The Morgan fingerprint density at radius 1 is 1.25 bits per heavy atom. The van der Waals surface area contributed by atoms with Gasteiger partial charge in [-0.2, -0.15) is 0 Å². The first-order valence-electron chi connectivity index (χ1n) is 7.67. The van der Waals surface area contributed by atoms with Gasteiger partial charge in [0, 0.05) is 24.5 Å². The number of nitrogens with zero attached hydrogens (tertiary/aromatic N) is 1. The van der Waals surface area contributed by atoms with E-state index in [-0.39, 0.29) is 30.5 Å². The van der Waals surface area contributed by atoms with Crippen molar-refractivity contribution in [1.82, 2.24) is 10.6 Å². The first-order chi connectivity index (χ1) is 11.2. The molecular formula is C17H23ClIN3O2. The average Bonchev–Trinajstić information content (AvgIpc) is 3.06. The lowest BCUT2D eigenvalue weighted by Gasteiger charge is -2.13. The lowest BCUT2D eigenvalue weighted by atomic mass is 10.1. The van der Waals surface area contributed by atoms with Gasteiger partial charge in [-0.1, -0.05) is 23.7 Å². The van der Waals surface area contributed by atoms with Gasteiger partial charge in [0.15, 0.2) is 5.96 Å². The molecule has 1 atom stereocenters. The summed E-state index contributed by atoms with van der Waals surface area (Å²) < 4.78 is 5.29. The predicted octanol–water partition coefficient (Wildman–Crippen LogP) is 3.38. The molecule has 0 fully saturated rings. The van der Waals surface area contributed by atoms with E-state index in [0.717, 1.165) is 24.3 Å². The quantitative estimate of drug-likeness (QED) is 0.334. The molecule has 5 nitrogen and oxygen atoms in total. The van der Waals surface area contributed by atoms with Crippen LogP contribution in [0.25, 0.3) is 0 Å². The number of furan rings is 1. The molecular weight excluding hydrogens is 441 g/mol. The number of nitrogens with one attached hydrogen (secondary N) is 2. The zero-order chi connectivity index (χ0) is 16.5. The minimum absolute atomic E-state index is 0. The minimum atomic E-state index is -0.659. The van der Waals surface area contributed by atoms with Gasteiger partial charge in [0.25, 0.3) is 0 Å². The highest BCUT2D eigenvalue weighted by atomic mass is 127. The van der Waals surface area contributed by atoms with Crippen molar-refractivity contribution < 1.29 is 9.52 Å². The lowest BCUT2D eigenvalue weighted by Crippen LogP contribution is -2.38. The molecule has 2 rings (SSSR count). The van der Waals surface area contributed by atoms with E-state index in [2.05, 4.69) is 15.6 Å². The van der Waals surface area contributed by atoms with Crippen molar-refractivity contribution >= 4 is 41.5 Å². The summed E-state index contributed by atoms with van der Waals surface area (Å²) in [5.74, 6) is 1.60. The number of hydrogen-bond donors (Lipinski definition) is 3. The second-order valence-corrected chi connectivity index (χ2v) is 5.48. The van der Waals surface area contributed by atoms with E-state index in [1.54, 1.807) is 30.5 Å². The molecule has 1 unspecified atom stereocenters. The highest BCUT2D eigenvalue weighted by molar-refractivity contribution is 14.0. The third-order valence-electron chi connectivity index (χ3n) is 3.27. The van der Waals surface area contributed by atoms with Crippen LogP contribution in [0.4, 0.5) is 0 Å². The van der Waals surface area contributed by atoms with Gasteiger partial charge in [0.1, 0.15) is 5.76 Å². The van der Waals surface area contributed by atoms with Crippen molar-refractivity contribution in [2.24, 2.45) is 4.99 Å². The minimum Gasteiger partial charge on any atom is -0.469 e. The number of aliphatic imine (C=N–C) groups is 1. The van der Waals surface area contributed by atoms with Gasteiger partial charge in [-0.15, -0.1) is 24.0 Å². The number of hydrogen-bond acceptors (Lipinski definition) is 3. The van der Waals surface area contributed by atoms with Crippen LogP contribution >= 0.6 is 35.6 Å². The van der Waals surface area contributed by atoms with E-state index in [1.807, 2.05) is 19.1 Å². The smallest absolute Gasteiger partial charge is 0.191 e. The van der Waals surface area contributed by atoms with Gasteiger partial charge in [-0.05, 0) is 36.8 Å². The highest BCUT2D eigenvalue weighted by Gasteiger charge is 2.07. The fourth-order valence-corrected chi connectivity index (χ4v) is 2.19. The number of benzene rings is 1. The van der Waals surface area contributed by atoms with Gasteiger partial charge in [-0.25, -0.2) is 0 Å². The van der Waals surface area contributed by atoms with Crippen molar-refractivity contribution in [2.75, 3.05) is 19.6 Å². The predicted molar refractivity (Wildman–Crippen MR) is 108 cm³/mol. The molecule has 1 aromatic carbocycles. The summed E-state index contributed by atoms with van der Waals surface area (Å²) in [5.41, 5.74) is 0.796. The van der Waals surface area contributed by atoms with Crippen molar-refractivity contribution in [3.05, 3.63) is 59.0 Å². The molecule has 0 radical (unpaired) electrons. The first kappa shape index (κ1) is 20.8. The van der Waals surface area contributed by atoms with Gasteiger partial charge >= 0.3 is 0 Å². The molecule has 0 aliphatic rings. The Kier molecular flexibility index (Phi) is 9.82. The molecule has 24 heavy (non-hydrogen) atoms. The van der Waals surface area contributed by atoms with Gasteiger partial charge in [0.05, 0.1) is 18.9 Å². The van der Waals surface area contributed by atoms with Gasteiger partial charge in [0.2, 0.25) is 0 Å². The SMILES string of the molecule is CCNC(=NCC(O)c1ccc(Cl)cc1)NCCc1ccco1.I. The molecule has 2 aromatic rings. The summed E-state index contributed by atoms with van der Waals surface area (Å²) in [5, 5.41) is 17.2. The van der Waals surface area contributed by atoms with E-state index < -0.39 is 6.10 Å². The molecule has 1 aromatic heterocycles. The Bertz CT molecular complexity index is 603. The monoisotopic (exact) mass is 463 g/mol. The molecule has 0 saturated heterocycles. The van der Waals surface area contributed by atoms with Crippen molar-refractivity contribution in [3.8, 4) is 0 Å². The second-order valence-electron chi connectivity index (χ2n) is 5.04. The number of halogens is 2. The second kappa shape index (κ2) is 11.3. The topological polar surface area (TPSA) is 69.8 Å². The zero-order valence-corrected chi connectivity index (χ0v) is 16.6. The zero-order valence-electron chi connectivity index (χ0n) is 13.5. The van der Waals surface area contributed by atoms with E-state index in [4.69, 9.17) is 16.0 Å². The third kappa shape index (κ3) is 7.11. The molecule has 0 amide bonds. The van der Waals surface area contributed by atoms with Crippen LogP contribution in [0.5, 0.6) is 0 Å². The maximum Gasteiger partial charge on any atom is 0.191 e. The van der Waals surface area contributed by atoms with Crippen molar-refractivity contribution in [2.45, 2.75) is 19.4 Å². The highest BCUT2D eigenvalue weighted by Crippen LogP contribution is 2.16. The van der Waals surface area contributed by atoms with E-state index in [0.29, 0.717) is 17.5 Å². The molecule has 0 aliphatic carbocycles. The summed E-state index contributed by atoms with van der Waals surface area (Å²) in [6, 6.07) is 10.9. The maximum atomic E-state index is 10.2. The molecule has 0 saturated carbocycles. The normalized spacial score (nSPS) is 12.4. The van der Waals surface area contributed by atoms with Crippen LogP contribution in [-0.4, -0.2) is 30.7 Å². The summed E-state index contributed by atoms with van der Waals surface area (Å²) in [6.07, 6.45) is 1.78. The lowest BCUT2D eigenvalue weighted by molar-refractivity contribution is 0.187. The van der Waals surface area contributed by atoms with Crippen molar-refractivity contribution in [3.63, 3.8) is 0 Å². The van der Waals surface area contributed by atoms with Gasteiger partial charge < -0.3 is 20.2 Å². The maximum absolute atomic E-state index is 10.2. The molecule has 0 bridgehead atoms. The number of rotatable bonds is 7. The van der Waals surface area contributed by atoms with Crippen LogP contribution < -0.4 is 10.6 Å². The Hall–Kier alpha value is -1.25. The summed E-state index contributed by atoms with van der Waals surface area (Å²) in [6.45, 7) is 3.73. The fourth-order valence-electron chi connectivity index (χ4n) is 2.07. The average molecular weight is 464 g/mol. The Labute approximate surface area is 164 Å². The Morgan fingerprint density at radius 3 is 2.62 bits per heavy atom. The fraction of sp³-hybridized carbons (Fsp3) is 0.353. The molecule has 3 N–H and O–H groups in total. The van der Waals surface area contributed by atoms with E-state index >= 15 is 0 Å². The molecule has 0 spiro atoms. The standard InChI is InChI=1S/C17H22ClN3O2.HI/c1-2-19-17(20-10-9-15-4-3-11-23-15)21-12-16(22)13-5-7-14(18)8-6-13;/h3-8,11,16,22H,2,9-10,12H2,1H3,(H2,19,20,21);1H. The summed E-state index contributed by atoms with van der Waals surface area (Å²) >= 11 is 5.85. The molecule has 132 valence electrons. The van der Waals surface area contributed by atoms with E-state index in [9.17, 15) is 5.11 Å². The summed E-state index contributed by atoms with van der Waals surface area (Å²) in [4.78, 5) is 4.41. The van der Waals surface area contributed by atoms with Crippen LogP contribution in [0.1, 0.15) is 24.4 Å². The molecule has 1 heterocycles. The molecule has 7 heteroatoms. The summed E-state index contributed by atoms with van der Waals surface area (Å²) in [7, 11) is 0.